The van der Waals surface area contributed by atoms with Crippen molar-refractivity contribution >= 4 is 9.84 Å². The van der Waals surface area contributed by atoms with Crippen molar-refractivity contribution in [2.45, 2.75) is 28.5 Å². The second-order valence-corrected chi connectivity index (χ2v) is 8.37. The highest BCUT2D eigenvalue weighted by Gasteiger charge is 2.69. The number of aliphatic hydroxyl groups is 1. The number of rotatable bonds is 5. The van der Waals surface area contributed by atoms with Crippen LogP contribution in [0.4, 0.5) is 0 Å². The molecular formula is C18H21NO4S. The standard InChI is InChI=1S/C18H21NO4S/c1-12-3-9-15(10-4-12)24(21,22)17-16(18(17,19)11-20)13-5-7-14(23-2)8-6-13/h3-10,16-17,20H,11,19H2,1-2H3. The number of ether oxygens (including phenoxy) is 1. The molecular weight excluding hydrogens is 326 g/mol. The molecule has 1 aliphatic carbocycles. The van der Waals surface area contributed by atoms with Crippen molar-refractivity contribution in [2.24, 2.45) is 5.73 Å². The van der Waals surface area contributed by atoms with E-state index < -0.39 is 26.5 Å². The maximum Gasteiger partial charge on any atom is 0.183 e. The SMILES string of the molecule is COc1ccc(C2C(S(=O)(=O)c3ccc(C)cc3)C2(N)CO)cc1. The fourth-order valence-corrected chi connectivity index (χ4v) is 5.55. The number of nitrogens with two attached hydrogens (primary N) is 1. The maximum atomic E-state index is 13.0. The van der Waals surface area contributed by atoms with Gasteiger partial charge in [-0.3, -0.25) is 0 Å². The average Bonchev–Trinajstić information content (AvgIpc) is 3.23. The van der Waals surface area contributed by atoms with Crippen molar-refractivity contribution in [3.05, 3.63) is 59.7 Å². The van der Waals surface area contributed by atoms with Crippen LogP contribution in [0.25, 0.3) is 0 Å². The first-order valence-corrected chi connectivity index (χ1v) is 9.23. The van der Waals surface area contributed by atoms with E-state index in [0.717, 1.165) is 11.1 Å². The van der Waals surface area contributed by atoms with Gasteiger partial charge in [0, 0.05) is 5.92 Å². The lowest BCUT2D eigenvalue weighted by Crippen LogP contribution is -2.35. The summed E-state index contributed by atoms with van der Waals surface area (Å²) in [6, 6.07) is 13.8. The van der Waals surface area contributed by atoms with Crippen LogP contribution in [-0.4, -0.2) is 38.0 Å². The highest BCUT2D eigenvalue weighted by Crippen LogP contribution is 2.55. The van der Waals surface area contributed by atoms with Crippen molar-refractivity contribution in [3.63, 3.8) is 0 Å². The first-order chi connectivity index (χ1) is 11.3. The molecule has 1 saturated carbocycles. The van der Waals surface area contributed by atoms with Gasteiger partial charge in [0.25, 0.3) is 0 Å². The molecule has 128 valence electrons. The van der Waals surface area contributed by atoms with Gasteiger partial charge in [0.15, 0.2) is 9.84 Å². The topological polar surface area (TPSA) is 89.6 Å². The Balaban J connectivity index is 1.98. The summed E-state index contributed by atoms with van der Waals surface area (Å²) in [7, 11) is -2.06. The Bertz CT molecular complexity index is 830. The summed E-state index contributed by atoms with van der Waals surface area (Å²) in [5.74, 6) is 0.240. The monoisotopic (exact) mass is 347 g/mol. The van der Waals surface area contributed by atoms with E-state index in [1.807, 2.05) is 6.92 Å². The summed E-state index contributed by atoms with van der Waals surface area (Å²) in [5, 5.41) is 8.87. The lowest BCUT2D eigenvalue weighted by Gasteiger charge is -2.08. The molecule has 0 aliphatic heterocycles. The molecule has 3 rings (SSSR count). The van der Waals surface area contributed by atoms with Crippen LogP contribution in [-0.2, 0) is 9.84 Å². The van der Waals surface area contributed by atoms with Gasteiger partial charge in [-0.2, -0.15) is 0 Å². The average molecular weight is 347 g/mol. The Morgan fingerprint density at radius 3 is 2.21 bits per heavy atom. The second-order valence-electron chi connectivity index (χ2n) is 6.30. The van der Waals surface area contributed by atoms with Gasteiger partial charge >= 0.3 is 0 Å². The molecule has 0 radical (unpaired) electrons. The molecule has 3 atom stereocenters. The number of aliphatic hydroxyl groups excluding tert-OH is 1. The van der Waals surface area contributed by atoms with Crippen LogP contribution in [0.5, 0.6) is 5.75 Å². The fraction of sp³-hybridized carbons (Fsp3) is 0.333. The number of hydrogen-bond donors (Lipinski definition) is 2. The zero-order chi connectivity index (χ0) is 17.5. The number of methoxy groups -OCH3 is 1. The van der Waals surface area contributed by atoms with Gasteiger partial charge in [-0.05, 0) is 36.8 Å². The van der Waals surface area contributed by atoms with Crippen molar-refractivity contribution in [1.29, 1.82) is 0 Å². The molecule has 3 N–H and O–H groups in total. The van der Waals surface area contributed by atoms with E-state index in [2.05, 4.69) is 0 Å². The van der Waals surface area contributed by atoms with E-state index in [4.69, 9.17) is 10.5 Å². The molecule has 3 unspecified atom stereocenters. The Kier molecular flexibility index (Phi) is 4.15. The minimum atomic E-state index is -3.63. The molecule has 0 heterocycles. The fourth-order valence-electron chi connectivity index (χ4n) is 3.25. The summed E-state index contributed by atoms with van der Waals surface area (Å²) >= 11 is 0. The number of aryl methyl sites for hydroxylation is 1. The summed E-state index contributed by atoms with van der Waals surface area (Å²) in [6.07, 6.45) is 0. The van der Waals surface area contributed by atoms with Crippen LogP contribution in [0.15, 0.2) is 53.4 Å². The van der Waals surface area contributed by atoms with E-state index in [0.29, 0.717) is 5.75 Å². The van der Waals surface area contributed by atoms with Crippen LogP contribution >= 0.6 is 0 Å². The Morgan fingerprint density at radius 2 is 1.71 bits per heavy atom. The Labute approximate surface area is 142 Å². The number of hydrogen-bond acceptors (Lipinski definition) is 5. The zero-order valence-corrected chi connectivity index (χ0v) is 14.5. The highest BCUT2D eigenvalue weighted by atomic mass is 32.2. The summed E-state index contributed by atoms with van der Waals surface area (Å²) < 4.78 is 31.1. The quantitative estimate of drug-likeness (QED) is 0.858. The van der Waals surface area contributed by atoms with Gasteiger partial charge in [-0.1, -0.05) is 29.8 Å². The molecule has 0 spiro atoms. The third kappa shape index (κ3) is 2.60. The van der Waals surface area contributed by atoms with Gasteiger partial charge in [-0.25, -0.2) is 8.42 Å². The van der Waals surface area contributed by atoms with Crippen LogP contribution < -0.4 is 10.5 Å². The van der Waals surface area contributed by atoms with E-state index in [1.54, 1.807) is 55.6 Å². The molecule has 24 heavy (non-hydrogen) atoms. The maximum absolute atomic E-state index is 13.0. The van der Waals surface area contributed by atoms with Crippen molar-refractivity contribution in [3.8, 4) is 5.75 Å². The molecule has 2 aromatic rings. The molecule has 1 fully saturated rings. The summed E-state index contributed by atoms with van der Waals surface area (Å²) in [5.41, 5.74) is 6.83. The van der Waals surface area contributed by atoms with Gasteiger partial charge in [0.2, 0.25) is 0 Å². The lowest BCUT2D eigenvalue weighted by atomic mass is 10.1. The van der Waals surface area contributed by atoms with Crippen molar-refractivity contribution < 1.29 is 18.3 Å². The molecule has 0 bridgehead atoms. The zero-order valence-electron chi connectivity index (χ0n) is 13.6. The minimum absolute atomic E-state index is 0.234. The highest BCUT2D eigenvalue weighted by molar-refractivity contribution is 7.92. The van der Waals surface area contributed by atoms with Gasteiger partial charge in [0.05, 0.1) is 29.4 Å². The molecule has 5 nitrogen and oxygen atoms in total. The lowest BCUT2D eigenvalue weighted by molar-refractivity contribution is 0.253. The largest absolute Gasteiger partial charge is 0.497 e. The van der Waals surface area contributed by atoms with Crippen LogP contribution in [0, 0.1) is 6.92 Å². The predicted molar refractivity (Wildman–Crippen MR) is 91.9 cm³/mol. The Hall–Kier alpha value is -1.89. The first-order valence-electron chi connectivity index (χ1n) is 7.69. The third-order valence-electron chi connectivity index (χ3n) is 4.73. The molecule has 2 aromatic carbocycles. The molecule has 0 saturated heterocycles. The smallest absolute Gasteiger partial charge is 0.183 e. The van der Waals surface area contributed by atoms with E-state index in [-0.39, 0.29) is 11.5 Å². The summed E-state index contributed by atoms with van der Waals surface area (Å²) in [6.45, 7) is 1.51. The molecule has 0 amide bonds. The Morgan fingerprint density at radius 1 is 1.12 bits per heavy atom. The van der Waals surface area contributed by atoms with Crippen LogP contribution in [0.2, 0.25) is 0 Å². The predicted octanol–water partition coefficient (Wildman–Crippen LogP) is 1.63. The molecule has 1 aliphatic rings. The molecule has 6 heteroatoms. The van der Waals surface area contributed by atoms with Crippen LogP contribution in [0.1, 0.15) is 17.0 Å². The molecule has 0 aromatic heterocycles. The van der Waals surface area contributed by atoms with Gasteiger partial charge < -0.3 is 15.6 Å². The third-order valence-corrected chi connectivity index (χ3v) is 7.04. The summed E-state index contributed by atoms with van der Waals surface area (Å²) in [4.78, 5) is 0.234. The van der Waals surface area contributed by atoms with E-state index in [1.165, 1.54) is 0 Å². The first kappa shape index (κ1) is 17.0. The van der Waals surface area contributed by atoms with Crippen molar-refractivity contribution in [1.82, 2.24) is 0 Å². The van der Waals surface area contributed by atoms with Crippen LogP contribution in [0.3, 0.4) is 0 Å². The van der Waals surface area contributed by atoms with Gasteiger partial charge in [-0.15, -0.1) is 0 Å². The van der Waals surface area contributed by atoms with Gasteiger partial charge in [0.1, 0.15) is 5.75 Å². The normalized spacial score (nSPS) is 26.2. The number of sulfone groups is 1. The van der Waals surface area contributed by atoms with E-state index >= 15 is 0 Å². The second kappa shape index (κ2) is 5.88. The minimum Gasteiger partial charge on any atom is -0.497 e. The van der Waals surface area contributed by atoms with E-state index in [9.17, 15) is 13.5 Å². The van der Waals surface area contributed by atoms with Crippen molar-refractivity contribution in [2.75, 3.05) is 13.7 Å². The number of benzene rings is 2.